The van der Waals surface area contributed by atoms with Crippen LogP contribution >= 0.6 is 7.82 Å². The van der Waals surface area contributed by atoms with Gasteiger partial charge in [-0.2, -0.15) is 29.8 Å². The van der Waals surface area contributed by atoms with Crippen LogP contribution in [0.5, 0.6) is 0 Å². The minimum absolute atomic E-state index is 0. The number of anilines is 1. The van der Waals surface area contributed by atoms with E-state index in [2.05, 4.69) is 24.5 Å². The number of carbonyl (C=O) groups excluding carboxylic acids is 4. The molecule has 0 saturated carbocycles. The first-order valence-corrected chi connectivity index (χ1v) is 49.7. The van der Waals surface area contributed by atoms with E-state index in [0.717, 1.165) is 44.9 Å². The van der Waals surface area contributed by atoms with E-state index in [1.165, 1.54) is 171 Å². The van der Waals surface area contributed by atoms with Crippen LogP contribution in [-0.2, 0) is 103 Å². The summed E-state index contributed by atoms with van der Waals surface area (Å²) in [6.07, 6.45) is 42.4. The number of hydrogen-bond acceptors (Lipinski definition) is 22. The maximum Gasteiger partial charge on any atom is 1.00 e. The van der Waals surface area contributed by atoms with E-state index in [0.29, 0.717) is 78.9 Å². The number of nitrogens with one attached hydrogen (secondary N) is 2. The van der Waals surface area contributed by atoms with Crippen molar-refractivity contribution in [1.29, 1.82) is 0 Å². The molecule has 0 fully saturated rings. The molecule has 116 heavy (non-hydrogen) atoms. The predicted molar refractivity (Wildman–Crippen MR) is 442 cm³/mol. The first-order chi connectivity index (χ1) is 54.6. The zero-order chi connectivity index (χ0) is 84.7. The minimum atomic E-state index is -4.98. The van der Waals surface area contributed by atoms with Gasteiger partial charge < -0.3 is 53.0 Å². The SMILES string of the molecule is CCCCCCCCCCCCCCCCCC(=O)OC[C@H](COP(=O)([O-])OCCNC(=O)COCCOCCNC(=O)CCCCCCC1(C)/C(=C\C=C\C2=[N+](CCCS(=O)(=O)O)c3ccc(S(=O)(=O)O)cc3C2(C)C)N(CCCS(=O)(=O)[O-])c2ccc(S(=O)(=O)O)cc21)OC(=O)CCCCCCCCCCCCCCCCC.[Na+]. The van der Waals surface area contributed by atoms with Crippen LogP contribution in [0, 0.1) is 0 Å². The molecule has 0 spiro atoms. The van der Waals surface area contributed by atoms with Crippen molar-refractivity contribution in [3.05, 3.63) is 71.5 Å². The summed E-state index contributed by atoms with van der Waals surface area (Å²) in [4.78, 5) is 65.0. The number of amides is 2. The Bertz CT molecular complexity index is 3880. The number of benzene rings is 2. The first-order valence-electron chi connectivity index (χ1n) is 42.2. The van der Waals surface area contributed by atoms with Crippen LogP contribution in [0.1, 0.15) is 303 Å². The Kier molecular flexibility index (Phi) is 52.4. The number of hydrogen-bond donors (Lipinski definition) is 5. The van der Waals surface area contributed by atoms with Crippen LogP contribution in [0.3, 0.4) is 0 Å². The summed E-state index contributed by atoms with van der Waals surface area (Å²) in [5, 5.41) is 5.29. The number of phosphoric ester groups is 1. The summed E-state index contributed by atoms with van der Waals surface area (Å²) in [6.45, 7) is 8.30. The standard InChI is InChI=1S/C82H137N4O24PS4.Na/c1-6-8-10-12-14-16-18-20-22-24-26-28-30-32-37-46-79(89)107-65-68(110-80(90)47-38-33-31-29-27-25-23-21-19-17-15-13-11-9-7-2)66-109-111(91,92)108-58-54-84-78(88)67-106-60-59-105-57-53-83-77(87)45-36-34-35-39-52-82(5)72-64-70(115(102,103)104)49-51-74(72)86(56-42-62-113(96,97)98)76(82)44-40-43-75-81(3,4)71-63-69(114(99,100)101)48-50-73(71)85(75)55-41-61-112(93,94)95;/h40,43-44,48-51,63-64,68H,6-39,41-42,45-47,52-62,65-67H2,1-5H3,(H6-,83,84,87,88,91,92,93,94,95,96,97,98,99,100,101,102,103,104);/q;+1/p-1/t68-,82?;/m1./s1. The van der Waals surface area contributed by atoms with E-state index in [4.69, 9.17) is 28.0 Å². The second-order valence-corrected chi connectivity index (χ2v) is 38.5. The number of esters is 2. The largest absolute Gasteiger partial charge is 1.00 e. The average Bonchev–Trinajstić information content (AvgIpc) is 1.58. The molecule has 4 rings (SSSR count). The molecule has 0 saturated heterocycles. The van der Waals surface area contributed by atoms with Crippen molar-refractivity contribution in [2.24, 2.45) is 0 Å². The molecule has 2 heterocycles. The zero-order valence-electron chi connectivity index (χ0n) is 70.1. The van der Waals surface area contributed by atoms with E-state index >= 15 is 0 Å². The summed E-state index contributed by atoms with van der Waals surface area (Å²) in [5.74, 6) is -3.11. The molecule has 0 aromatic heterocycles. The summed E-state index contributed by atoms with van der Waals surface area (Å²) in [7, 11) is -23.3. The van der Waals surface area contributed by atoms with Crippen LogP contribution in [-0.4, -0.2) is 176 Å². The van der Waals surface area contributed by atoms with Crippen molar-refractivity contribution in [3.8, 4) is 0 Å². The van der Waals surface area contributed by atoms with Gasteiger partial charge in [-0.25, -0.2) is 8.42 Å². The third kappa shape index (κ3) is 44.1. The normalized spacial score (nSPS) is 16.0. The summed E-state index contributed by atoms with van der Waals surface area (Å²) in [6, 6.07) is 8.08. The zero-order valence-corrected chi connectivity index (χ0v) is 76.3. The minimum Gasteiger partial charge on any atom is -0.756 e. The summed E-state index contributed by atoms with van der Waals surface area (Å²) in [5.41, 5.74) is 1.13. The molecular weight excluding hydrogens is 1610 g/mol. The number of allylic oxidation sites excluding steroid dienone is 4. The van der Waals surface area contributed by atoms with Gasteiger partial charge in [-0.3, -0.25) is 37.4 Å². The summed E-state index contributed by atoms with van der Waals surface area (Å²) >= 11 is 0. The van der Waals surface area contributed by atoms with Gasteiger partial charge in [0.1, 0.15) is 19.8 Å². The average molecular weight is 1740 g/mol. The number of nitrogens with zero attached hydrogens (tertiary/aromatic N) is 2. The Labute approximate surface area is 715 Å². The van der Waals surface area contributed by atoms with Gasteiger partial charge >= 0.3 is 41.5 Å². The number of unbranched alkanes of at least 4 members (excludes halogenated alkanes) is 31. The van der Waals surface area contributed by atoms with Crippen molar-refractivity contribution in [2.45, 2.75) is 318 Å². The number of fused-ring (bicyclic) bond motifs is 2. The van der Waals surface area contributed by atoms with Crippen LogP contribution in [0.4, 0.5) is 11.4 Å². The quantitative estimate of drug-likeness (QED) is 0.0103. The van der Waals surface area contributed by atoms with Gasteiger partial charge in [0.25, 0.3) is 38.2 Å². The fourth-order valence-electron chi connectivity index (χ4n) is 14.7. The Hall–Kier alpha value is -4.06. The van der Waals surface area contributed by atoms with Crippen LogP contribution < -0.4 is 50.0 Å². The Balaban J connectivity index is 0.0000348. The second kappa shape index (κ2) is 57.3. The smallest absolute Gasteiger partial charge is 0.756 e. The van der Waals surface area contributed by atoms with Crippen molar-refractivity contribution >= 4 is 89.1 Å². The molecule has 0 bridgehead atoms. The number of phosphoric acid groups is 1. The van der Waals surface area contributed by atoms with Gasteiger partial charge in [-0.05, 0) is 94.8 Å². The molecule has 28 nitrogen and oxygen atoms in total. The molecule has 2 unspecified atom stereocenters. The van der Waals surface area contributed by atoms with Crippen LogP contribution in [0.15, 0.2) is 70.1 Å². The van der Waals surface area contributed by atoms with Gasteiger partial charge in [-0.1, -0.05) is 219 Å². The van der Waals surface area contributed by atoms with Gasteiger partial charge in [0.2, 0.25) is 17.5 Å². The van der Waals surface area contributed by atoms with Crippen molar-refractivity contribution < 1.29 is 143 Å². The molecule has 3 atom stereocenters. The molecule has 0 aliphatic carbocycles. The predicted octanol–water partition coefficient (Wildman–Crippen LogP) is 12.1. The van der Waals surface area contributed by atoms with E-state index in [1.54, 1.807) is 41.6 Å². The van der Waals surface area contributed by atoms with Crippen LogP contribution in [0.25, 0.3) is 0 Å². The van der Waals surface area contributed by atoms with Crippen molar-refractivity contribution in [3.63, 3.8) is 0 Å². The maximum absolute atomic E-state index is 13.0. The molecule has 2 amide bonds. The molecule has 5 N–H and O–H groups in total. The maximum atomic E-state index is 13.0. The number of rotatable bonds is 69. The van der Waals surface area contributed by atoms with Gasteiger partial charge in [0, 0.05) is 85.6 Å². The number of carbonyl (C=O) groups is 4. The van der Waals surface area contributed by atoms with E-state index < -0.39 is 114 Å². The van der Waals surface area contributed by atoms with Crippen molar-refractivity contribution in [1.82, 2.24) is 10.6 Å². The first kappa shape index (κ1) is 106. The van der Waals surface area contributed by atoms with Gasteiger partial charge in [0.15, 0.2) is 11.8 Å². The third-order valence-corrected chi connectivity index (χ3v) is 25.3. The monoisotopic (exact) mass is 1740 g/mol. The topological polar surface area (TPSA) is 414 Å². The van der Waals surface area contributed by atoms with E-state index in [9.17, 15) is 80.5 Å². The number of ether oxygens (including phenoxy) is 4. The van der Waals surface area contributed by atoms with Gasteiger partial charge in [-0.15, -0.1) is 0 Å². The Morgan fingerprint density at radius 2 is 1.03 bits per heavy atom. The molecule has 658 valence electrons. The molecule has 0 radical (unpaired) electrons. The molecular formula is C82H136N4NaO24PS4. The molecule has 2 aliphatic heterocycles. The Morgan fingerprint density at radius 3 is 1.55 bits per heavy atom. The summed E-state index contributed by atoms with van der Waals surface area (Å²) < 4.78 is 185. The van der Waals surface area contributed by atoms with E-state index in [1.807, 2.05) is 6.92 Å². The molecule has 2 aliphatic rings. The van der Waals surface area contributed by atoms with Crippen LogP contribution in [0.2, 0.25) is 0 Å². The van der Waals surface area contributed by atoms with Gasteiger partial charge in [0.05, 0.1) is 64.1 Å². The molecule has 2 aromatic carbocycles. The molecule has 34 heteroatoms. The van der Waals surface area contributed by atoms with E-state index in [-0.39, 0.29) is 130 Å². The second-order valence-electron chi connectivity index (χ2n) is 31.2. The molecule has 2 aromatic rings. The third-order valence-electron chi connectivity index (χ3n) is 21.0. The fourth-order valence-corrected chi connectivity index (χ4v) is 17.4. The Morgan fingerprint density at radius 1 is 0.552 bits per heavy atom. The van der Waals surface area contributed by atoms with Crippen molar-refractivity contribution in [2.75, 3.05) is 88.8 Å². The fraction of sp³-hybridized carbons (Fsp3) is 0.744.